The molecular weight excluding hydrogens is 310 g/mol. The van der Waals surface area contributed by atoms with Gasteiger partial charge in [-0.1, -0.05) is 6.07 Å². The van der Waals surface area contributed by atoms with E-state index in [1.54, 1.807) is 30.0 Å². The van der Waals surface area contributed by atoms with E-state index in [1.165, 1.54) is 11.0 Å². The highest BCUT2D eigenvalue weighted by Gasteiger charge is 2.29. The van der Waals surface area contributed by atoms with Crippen LogP contribution in [0.2, 0.25) is 0 Å². The molecule has 1 fully saturated rings. The van der Waals surface area contributed by atoms with Crippen LogP contribution in [0.5, 0.6) is 0 Å². The van der Waals surface area contributed by atoms with Gasteiger partial charge in [-0.05, 0) is 48.4 Å². The number of ether oxygens (including phenoxy) is 1. The van der Waals surface area contributed by atoms with Crippen molar-refractivity contribution in [3.05, 3.63) is 36.2 Å². The number of nitrogens with zero attached hydrogens (tertiary/aromatic N) is 5. The summed E-state index contributed by atoms with van der Waals surface area (Å²) in [4.78, 5) is 26.4. The van der Waals surface area contributed by atoms with Crippen LogP contribution in [0.1, 0.15) is 30.1 Å². The first kappa shape index (κ1) is 16.1. The molecule has 1 atom stereocenters. The van der Waals surface area contributed by atoms with E-state index in [0.717, 1.165) is 12.8 Å². The number of rotatable bonds is 4. The highest BCUT2D eigenvalue weighted by atomic mass is 16.5. The molecule has 1 amide bonds. The van der Waals surface area contributed by atoms with Crippen molar-refractivity contribution in [2.45, 2.75) is 19.8 Å². The van der Waals surface area contributed by atoms with Crippen molar-refractivity contribution in [1.29, 1.82) is 0 Å². The third-order valence-corrected chi connectivity index (χ3v) is 4.04. The highest BCUT2D eigenvalue weighted by molar-refractivity contribution is 5.95. The van der Waals surface area contributed by atoms with Crippen molar-refractivity contribution >= 4 is 11.9 Å². The van der Waals surface area contributed by atoms with E-state index in [2.05, 4.69) is 15.5 Å². The second-order valence-electron chi connectivity index (χ2n) is 5.65. The van der Waals surface area contributed by atoms with Gasteiger partial charge in [-0.25, -0.2) is 4.68 Å². The second kappa shape index (κ2) is 7.20. The highest BCUT2D eigenvalue weighted by Crippen LogP contribution is 2.20. The number of benzene rings is 1. The number of aromatic nitrogens is 4. The molecule has 2 heterocycles. The lowest BCUT2D eigenvalue weighted by molar-refractivity contribution is -0.149. The SMILES string of the molecule is CCOC(=O)[C@@H]1CCCN(C(=O)c2cccc(-n3cnnn3)c2)C1. The summed E-state index contributed by atoms with van der Waals surface area (Å²) in [5.74, 6) is -0.568. The minimum absolute atomic E-state index is 0.0982. The Kier molecular flexibility index (Phi) is 4.83. The lowest BCUT2D eigenvalue weighted by Gasteiger charge is -2.31. The quantitative estimate of drug-likeness (QED) is 0.780. The Balaban J connectivity index is 1.74. The summed E-state index contributed by atoms with van der Waals surface area (Å²) in [7, 11) is 0. The van der Waals surface area contributed by atoms with Crippen LogP contribution >= 0.6 is 0 Å². The van der Waals surface area contributed by atoms with Gasteiger partial charge in [0.15, 0.2) is 0 Å². The molecule has 0 bridgehead atoms. The maximum absolute atomic E-state index is 12.8. The average Bonchev–Trinajstić information content (AvgIpc) is 3.16. The van der Waals surface area contributed by atoms with Gasteiger partial charge in [0.2, 0.25) is 0 Å². The number of esters is 1. The van der Waals surface area contributed by atoms with Gasteiger partial charge in [0, 0.05) is 18.7 Å². The summed E-state index contributed by atoms with van der Waals surface area (Å²) in [6.07, 6.45) is 3.02. The van der Waals surface area contributed by atoms with Gasteiger partial charge in [-0.15, -0.1) is 5.10 Å². The van der Waals surface area contributed by atoms with Crippen LogP contribution in [-0.4, -0.2) is 56.7 Å². The first-order valence-corrected chi connectivity index (χ1v) is 7.98. The largest absolute Gasteiger partial charge is 0.466 e. The van der Waals surface area contributed by atoms with Gasteiger partial charge < -0.3 is 9.64 Å². The molecule has 3 rings (SSSR count). The van der Waals surface area contributed by atoms with Gasteiger partial charge in [0.05, 0.1) is 18.2 Å². The molecule has 24 heavy (non-hydrogen) atoms. The predicted molar refractivity (Wildman–Crippen MR) is 84.4 cm³/mol. The third kappa shape index (κ3) is 3.42. The monoisotopic (exact) mass is 329 g/mol. The molecule has 0 spiro atoms. The van der Waals surface area contributed by atoms with Crippen LogP contribution in [0.3, 0.4) is 0 Å². The van der Waals surface area contributed by atoms with Gasteiger partial charge in [0.1, 0.15) is 6.33 Å². The minimum atomic E-state index is -0.245. The molecule has 0 radical (unpaired) electrons. The molecule has 0 aliphatic carbocycles. The number of tetrazole rings is 1. The van der Waals surface area contributed by atoms with Crippen LogP contribution in [0.4, 0.5) is 0 Å². The summed E-state index contributed by atoms with van der Waals surface area (Å²) in [5, 5.41) is 11.0. The summed E-state index contributed by atoms with van der Waals surface area (Å²) >= 11 is 0. The minimum Gasteiger partial charge on any atom is -0.466 e. The molecule has 0 N–H and O–H groups in total. The van der Waals surface area contributed by atoms with Crippen molar-refractivity contribution in [3.8, 4) is 5.69 Å². The fraction of sp³-hybridized carbons (Fsp3) is 0.438. The number of piperidine rings is 1. The topological polar surface area (TPSA) is 90.2 Å². The summed E-state index contributed by atoms with van der Waals surface area (Å²) in [6.45, 7) is 3.18. The maximum Gasteiger partial charge on any atom is 0.310 e. The van der Waals surface area contributed by atoms with E-state index in [4.69, 9.17) is 4.74 Å². The van der Waals surface area contributed by atoms with Crippen molar-refractivity contribution in [1.82, 2.24) is 25.1 Å². The molecule has 1 aliphatic rings. The Morgan fingerprint density at radius 3 is 3.00 bits per heavy atom. The summed E-state index contributed by atoms with van der Waals surface area (Å²) in [6, 6.07) is 7.11. The van der Waals surface area contributed by atoms with E-state index in [0.29, 0.717) is 30.9 Å². The Morgan fingerprint density at radius 2 is 2.25 bits per heavy atom. The van der Waals surface area contributed by atoms with Gasteiger partial charge >= 0.3 is 5.97 Å². The molecular formula is C16H19N5O3. The molecule has 2 aromatic rings. The number of carbonyl (C=O) groups is 2. The van der Waals surface area contributed by atoms with Crippen LogP contribution < -0.4 is 0 Å². The van der Waals surface area contributed by atoms with Crippen LogP contribution in [0.25, 0.3) is 5.69 Å². The summed E-state index contributed by atoms with van der Waals surface area (Å²) in [5.41, 5.74) is 1.26. The first-order chi connectivity index (χ1) is 11.7. The fourth-order valence-corrected chi connectivity index (χ4v) is 2.86. The molecule has 1 saturated heterocycles. The lowest BCUT2D eigenvalue weighted by atomic mass is 9.97. The van der Waals surface area contributed by atoms with Crippen LogP contribution in [-0.2, 0) is 9.53 Å². The predicted octanol–water partition coefficient (Wildman–Crippen LogP) is 1.08. The average molecular weight is 329 g/mol. The zero-order valence-electron chi connectivity index (χ0n) is 13.5. The molecule has 8 heteroatoms. The molecule has 126 valence electrons. The zero-order valence-corrected chi connectivity index (χ0v) is 13.5. The number of likely N-dealkylation sites (tertiary alicyclic amines) is 1. The van der Waals surface area contributed by atoms with E-state index < -0.39 is 0 Å². The first-order valence-electron chi connectivity index (χ1n) is 7.98. The Morgan fingerprint density at radius 1 is 1.38 bits per heavy atom. The Hall–Kier alpha value is -2.77. The smallest absolute Gasteiger partial charge is 0.310 e. The number of hydrogen-bond donors (Lipinski definition) is 0. The fourth-order valence-electron chi connectivity index (χ4n) is 2.86. The molecule has 8 nitrogen and oxygen atoms in total. The number of amides is 1. The van der Waals surface area contributed by atoms with Crippen molar-refractivity contribution in [2.75, 3.05) is 19.7 Å². The van der Waals surface area contributed by atoms with Gasteiger partial charge in [-0.2, -0.15) is 0 Å². The van der Waals surface area contributed by atoms with Crippen LogP contribution in [0, 0.1) is 5.92 Å². The standard InChI is InChI=1S/C16H19N5O3/c1-2-24-16(23)13-6-4-8-20(10-13)15(22)12-5-3-7-14(9-12)21-11-17-18-19-21/h3,5,7,9,11,13H,2,4,6,8,10H2,1H3/t13-/m1/s1. The van der Waals surface area contributed by atoms with E-state index in [1.807, 2.05) is 6.07 Å². The maximum atomic E-state index is 12.8. The van der Waals surface area contributed by atoms with E-state index in [-0.39, 0.29) is 17.8 Å². The van der Waals surface area contributed by atoms with Gasteiger partial charge in [0.25, 0.3) is 5.91 Å². The molecule has 1 aromatic carbocycles. The van der Waals surface area contributed by atoms with Gasteiger partial charge in [-0.3, -0.25) is 9.59 Å². The van der Waals surface area contributed by atoms with Crippen LogP contribution in [0.15, 0.2) is 30.6 Å². The van der Waals surface area contributed by atoms with Crippen molar-refractivity contribution < 1.29 is 14.3 Å². The van der Waals surface area contributed by atoms with E-state index >= 15 is 0 Å². The summed E-state index contributed by atoms with van der Waals surface area (Å²) < 4.78 is 6.58. The van der Waals surface area contributed by atoms with Crippen molar-refractivity contribution in [2.24, 2.45) is 5.92 Å². The zero-order chi connectivity index (χ0) is 16.9. The third-order valence-electron chi connectivity index (χ3n) is 4.04. The Bertz CT molecular complexity index is 716. The molecule has 1 aliphatic heterocycles. The number of hydrogen-bond acceptors (Lipinski definition) is 6. The molecule has 0 saturated carbocycles. The number of carbonyl (C=O) groups excluding carboxylic acids is 2. The van der Waals surface area contributed by atoms with E-state index in [9.17, 15) is 9.59 Å². The molecule has 0 unspecified atom stereocenters. The normalized spacial score (nSPS) is 17.5. The lowest BCUT2D eigenvalue weighted by Crippen LogP contribution is -2.42. The Labute approximate surface area is 139 Å². The molecule has 1 aromatic heterocycles. The van der Waals surface area contributed by atoms with Crippen molar-refractivity contribution in [3.63, 3.8) is 0 Å². The second-order valence-corrected chi connectivity index (χ2v) is 5.65.